The van der Waals surface area contributed by atoms with Crippen LogP contribution in [0.1, 0.15) is 45.1 Å². The van der Waals surface area contributed by atoms with Gasteiger partial charge in [0.05, 0.1) is 11.5 Å². The van der Waals surface area contributed by atoms with E-state index in [1.54, 1.807) is 0 Å². The molecule has 0 N–H and O–H groups in total. The van der Waals surface area contributed by atoms with Crippen molar-refractivity contribution in [3.63, 3.8) is 0 Å². The van der Waals surface area contributed by atoms with Gasteiger partial charge >= 0.3 is 5.97 Å². The lowest BCUT2D eigenvalue weighted by atomic mass is 9.55. The number of nitrogens with zero attached hydrogens (tertiary/aromatic N) is 2. The van der Waals surface area contributed by atoms with E-state index in [-0.39, 0.29) is 29.2 Å². The van der Waals surface area contributed by atoms with Crippen molar-refractivity contribution in [3.05, 3.63) is 42.0 Å². The van der Waals surface area contributed by atoms with Crippen LogP contribution in [0.25, 0.3) is 6.08 Å². The summed E-state index contributed by atoms with van der Waals surface area (Å²) in [6, 6.07) is 10.5. The Balaban J connectivity index is 1.08. The summed E-state index contributed by atoms with van der Waals surface area (Å²) in [6.07, 6.45) is 9.17. The van der Waals surface area contributed by atoms with Crippen molar-refractivity contribution in [2.75, 3.05) is 39.3 Å². The molecule has 3 heterocycles. The molecule has 5 aliphatic rings. The standard InChI is InChI=1S/C28H38N2O3/c1-20-10-11-24-22(25(31)32-28(24)23(20)12-13-27(2)26(28)33-27)19-30-17-15-29(16-18-30)14-6-9-21-7-4-3-5-8-21/h3-9,20,22-24,26H,10-19H2,1-2H3/b9-6+/t20-,22+,23-,24+,26+,27-,28+/m1/s1. The molecule has 0 amide bonds. The second kappa shape index (κ2) is 8.21. The SMILES string of the molecule is C[C@@H]1CC[C@H]2[C@H](CN3CCN(C/C=C/c4ccccc4)CC3)C(=O)O[C@@]23[C@@H]1CC[C@@]1(C)O[C@H]31. The second-order valence-electron chi connectivity index (χ2n) is 11.4. The second-order valence-corrected chi connectivity index (χ2v) is 11.4. The molecular formula is C28H38N2O3. The molecule has 7 atom stereocenters. The van der Waals surface area contributed by atoms with E-state index in [2.05, 4.69) is 66.1 Å². The van der Waals surface area contributed by atoms with Crippen LogP contribution in [-0.2, 0) is 14.3 Å². The van der Waals surface area contributed by atoms with Gasteiger partial charge in [-0.2, -0.15) is 0 Å². The minimum atomic E-state index is -0.351. The van der Waals surface area contributed by atoms with Crippen LogP contribution in [0, 0.1) is 23.7 Å². The maximum Gasteiger partial charge on any atom is 0.311 e. The Morgan fingerprint density at radius 3 is 2.58 bits per heavy atom. The fourth-order valence-corrected chi connectivity index (χ4v) is 7.60. The Hall–Kier alpha value is -1.69. The quantitative estimate of drug-likeness (QED) is 0.504. The van der Waals surface area contributed by atoms with Crippen LogP contribution < -0.4 is 0 Å². The summed E-state index contributed by atoms with van der Waals surface area (Å²) in [5.41, 5.74) is 0.847. The molecule has 3 aliphatic heterocycles. The molecule has 1 aromatic rings. The molecule has 0 bridgehead atoms. The van der Waals surface area contributed by atoms with Crippen molar-refractivity contribution in [1.29, 1.82) is 0 Å². The maximum absolute atomic E-state index is 13.3. The highest BCUT2D eigenvalue weighted by Crippen LogP contribution is 2.66. The van der Waals surface area contributed by atoms with Gasteiger partial charge in [-0.3, -0.25) is 14.6 Å². The Labute approximate surface area is 198 Å². The van der Waals surface area contributed by atoms with Crippen molar-refractivity contribution in [1.82, 2.24) is 9.80 Å². The van der Waals surface area contributed by atoms with Crippen molar-refractivity contribution >= 4 is 12.0 Å². The third kappa shape index (κ3) is 3.67. The first-order valence-corrected chi connectivity index (χ1v) is 13.1. The average Bonchev–Trinajstić information content (AvgIpc) is 3.45. The molecule has 178 valence electrons. The minimum Gasteiger partial charge on any atom is -0.455 e. The highest BCUT2D eigenvalue weighted by Gasteiger charge is 2.77. The predicted molar refractivity (Wildman–Crippen MR) is 129 cm³/mol. The zero-order valence-electron chi connectivity index (χ0n) is 20.1. The van der Waals surface area contributed by atoms with Gasteiger partial charge in [0.2, 0.25) is 0 Å². The molecule has 1 spiro atoms. The number of ether oxygens (including phenoxy) is 2. The number of fused-ring (bicyclic) bond motifs is 1. The fourth-order valence-electron chi connectivity index (χ4n) is 7.60. The lowest BCUT2D eigenvalue weighted by Gasteiger charge is -2.50. The van der Waals surface area contributed by atoms with Gasteiger partial charge in [0.15, 0.2) is 0 Å². The molecule has 2 aliphatic carbocycles. The largest absolute Gasteiger partial charge is 0.455 e. The fraction of sp³-hybridized carbons (Fsp3) is 0.679. The number of piperazine rings is 1. The smallest absolute Gasteiger partial charge is 0.311 e. The average molecular weight is 451 g/mol. The van der Waals surface area contributed by atoms with E-state index in [0.29, 0.717) is 17.8 Å². The van der Waals surface area contributed by atoms with Crippen LogP contribution >= 0.6 is 0 Å². The summed E-state index contributed by atoms with van der Waals surface area (Å²) >= 11 is 0. The van der Waals surface area contributed by atoms with E-state index in [1.807, 2.05) is 0 Å². The van der Waals surface area contributed by atoms with E-state index in [1.165, 1.54) is 12.0 Å². The van der Waals surface area contributed by atoms with E-state index in [9.17, 15) is 4.79 Å². The topological polar surface area (TPSA) is 45.3 Å². The van der Waals surface area contributed by atoms with Gasteiger partial charge in [-0.25, -0.2) is 0 Å². The van der Waals surface area contributed by atoms with Gasteiger partial charge in [-0.05, 0) is 44.1 Å². The van der Waals surface area contributed by atoms with Gasteiger partial charge in [-0.15, -0.1) is 0 Å². The summed E-state index contributed by atoms with van der Waals surface area (Å²) in [6.45, 7) is 10.6. The molecule has 1 aromatic carbocycles. The third-order valence-electron chi connectivity index (χ3n) is 9.48. The van der Waals surface area contributed by atoms with Gasteiger partial charge in [0.1, 0.15) is 11.7 Å². The lowest BCUT2D eigenvalue weighted by molar-refractivity contribution is -0.168. The molecule has 2 saturated carbocycles. The number of hydrogen-bond acceptors (Lipinski definition) is 5. The molecule has 0 unspecified atom stereocenters. The molecule has 0 radical (unpaired) electrons. The van der Waals surface area contributed by atoms with Gasteiger partial charge in [-0.1, -0.05) is 49.4 Å². The molecule has 0 aromatic heterocycles. The number of esters is 1. The van der Waals surface area contributed by atoms with Crippen LogP contribution in [0.5, 0.6) is 0 Å². The monoisotopic (exact) mass is 450 g/mol. The molecule has 5 fully saturated rings. The van der Waals surface area contributed by atoms with Gasteiger partial charge < -0.3 is 9.47 Å². The summed E-state index contributed by atoms with van der Waals surface area (Å²) in [5.74, 6) is 1.47. The van der Waals surface area contributed by atoms with Crippen LogP contribution in [0.2, 0.25) is 0 Å². The predicted octanol–water partition coefficient (Wildman–Crippen LogP) is 3.84. The molecule has 3 saturated heterocycles. The van der Waals surface area contributed by atoms with Crippen molar-refractivity contribution in [3.8, 4) is 0 Å². The third-order valence-corrected chi connectivity index (χ3v) is 9.48. The van der Waals surface area contributed by atoms with E-state index in [0.717, 1.165) is 58.5 Å². The summed E-state index contributed by atoms with van der Waals surface area (Å²) < 4.78 is 12.7. The number of carbonyl (C=O) groups excluding carboxylic acids is 1. The Morgan fingerprint density at radius 1 is 1.03 bits per heavy atom. The van der Waals surface area contributed by atoms with E-state index in [4.69, 9.17) is 9.47 Å². The molecule has 6 rings (SSSR count). The van der Waals surface area contributed by atoms with E-state index >= 15 is 0 Å². The normalized spacial score (nSPS) is 43.1. The van der Waals surface area contributed by atoms with Crippen molar-refractivity contribution in [2.24, 2.45) is 23.7 Å². The van der Waals surface area contributed by atoms with Gasteiger partial charge in [0.25, 0.3) is 0 Å². The highest BCUT2D eigenvalue weighted by atomic mass is 16.7. The number of hydrogen-bond donors (Lipinski definition) is 0. The number of carbonyl (C=O) groups is 1. The van der Waals surface area contributed by atoms with Crippen LogP contribution in [0.15, 0.2) is 36.4 Å². The molecule has 5 heteroatoms. The highest BCUT2D eigenvalue weighted by molar-refractivity contribution is 5.77. The van der Waals surface area contributed by atoms with Crippen LogP contribution in [0.3, 0.4) is 0 Å². The summed E-state index contributed by atoms with van der Waals surface area (Å²) in [5, 5.41) is 0. The minimum absolute atomic E-state index is 0.0103. The van der Waals surface area contributed by atoms with Crippen LogP contribution in [0.4, 0.5) is 0 Å². The summed E-state index contributed by atoms with van der Waals surface area (Å²) in [4.78, 5) is 18.3. The Bertz CT molecular complexity index is 911. The maximum atomic E-state index is 13.3. The number of epoxide rings is 1. The lowest BCUT2D eigenvalue weighted by Crippen LogP contribution is -2.58. The Morgan fingerprint density at radius 2 is 1.79 bits per heavy atom. The zero-order valence-corrected chi connectivity index (χ0v) is 20.1. The number of rotatable bonds is 5. The van der Waals surface area contributed by atoms with Crippen molar-refractivity contribution in [2.45, 2.75) is 56.8 Å². The summed E-state index contributed by atoms with van der Waals surface area (Å²) in [7, 11) is 0. The first-order valence-electron chi connectivity index (χ1n) is 13.1. The number of benzene rings is 1. The zero-order chi connectivity index (χ0) is 22.6. The first-order chi connectivity index (χ1) is 16.0. The van der Waals surface area contributed by atoms with Gasteiger partial charge in [0, 0.05) is 51.1 Å². The first kappa shape index (κ1) is 21.8. The van der Waals surface area contributed by atoms with Crippen LogP contribution in [-0.4, -0.2) is 72.3 Å². The Kier molecular flexibility index (Phi) is 5.43. The van der Waals surface area contributed by atoms with E-state index < -0.39 is 0 Å². The molecule has 5 nitrogen and oxygen atoms in total. The van der Waals surface area contributed by atoms with Crippen molar-refractivity contribution < 1.29 is 14.3 Å². The molecule has 33 heavy (non-hydrogen) atoms. The molecular weight excluding hydrogens is 412 g/mol.